The van der Waals surface area contributed by atoms with Crippen LogP contribution in [0.4, 0.5) is 0 Å². The van der Waals surface area contributed by atoms with Crippen LogP contribution in [0.1, 0.15) is 5.56 Å². The minimum Gasteiger partial charge on any atom is -0.396 e. The van der Waals surface area contributed by atoms with E-state index in [9.17, 15) is 0 Å². The van der Waals surface area contributed by atoms with Crippen molar-refractivity contribution in [2.45, 2.75) is 11.4 Å². The third-order valence-electron chi connectivity index (χ3n) is 2.21. The van der Waals surface area contributed by atoms with E-state index in [2.05, 4.69) is 5.32 Å². The van der Waals surface area contributed by atoms with Crippen molar-refractivity contribution in [3.05, 3.63) is 28.8 Å². The number of halogens is 1. The van der Waals surface area contributed by atoms with Crippen LogP contribution in [0.5, 0.6) is 0 Å². The molecule has 96 valence electrons. The molecule has 17 heavy (non-hydrogen) atoms. The van der Waals surface area contributed by atoms with E-state index in [0.717, 1.165) is 28.6 Å². The lowest BCUT2D eigenvalue weighted by Crippen LogP contribution is -2.19. The summed E-state index contributed by atoms with van der Waals surface area (Å²) in [4.78, 5) is 1.12. The normalized spacial score (nSPS) is 10.8. The first-order valence-electron chi connectivity index (χ1n) is 5.50. The second-order valence-electron chi connectivity index (χ2n) is 3.46. The molecule has 0 radical (unpaired) electrons. The van der Waals surface area contributed by atoms with Gasteiger partial charge in [-0.3, -0.25) is 0 Å². The first-order valence-corrected chi connectivity index (χ1v) is 6.86. The predicted molar refractivity (Wildman–Crippen MR) is 72.8 cm³/mol. The van der Waals surface area contributed by atoms with Crippen molar-refractivity contribution in [3.8, 4) is 0 Å². The second kappa shape index (κ2) is 8.78. The predicted octanol–water partition coefficient (Wildman–Crippen LogP) is 2.16. The van der Waals surface area contributed by atoms with Gasteiger partial charge in [-0.05, 0) is 17.7 Å². The van der Waals surface area contributed by atoms with Crippen molar-refractivity contribution < 1.29 is 9.84 Å². The van der Waals surface area contributed by atoms with Gasteiger partial charge in [0, 0.05) is 35.9 Å². The summed E-state index contributed by atoms with van der Waals surface area (Å²) in [7, 11) is 1.68. The van der Waals surface area contributed by atoms with Crippen LogP contribution in [-0.2, 0) is 11.3 Å². The van der Waals surface area contributed by atoms with Gasteiger partial charge in [-0.1, -0.05) is 17.7 Å². The van der Waals surface area contributed by atoms with Crippen LogP contribution in [-0.4, -0.2) is 37.7 Å². The molecule has 0 bridgehead atoms. The number of thioether (sulfide) groups is 1. The molecule has 0 aromatic heterocycles. The van der Waals surface area contributed by atoms with Crippen LogP contribution in [0, 0.1) is 0 Å². The number of methoxy groups -OCH3 is 1. The maximum absolute atomic E-state index is 8.85. The van der Waals surface area contributed by atoms with Crippen molar-refractivity contribution in [1.82, 2.24) is 5.32 Å². The highest BCUT2D eigenvalue weighted by Gasteiger charge is 2.06. The smallest absolute Gasteiger partial charge is 0.0587 e. The maximum atomic E-state index is 8.85. The molecule has 0 unspecified atom stereocenters. The van der Waals surface area contributed by atoms with Crippen LogP contribution in [0.2, 0.25) is 5.02 Å². The SMILES string of the molecule is COCCNCc1c(Cl)cccc1SCCO. The number of hydrogen-bond donors (Lipinski definition) is 2. The lowest BCUT2D eigenvalue weighted by atomic mass is 10.2. The molecule has 1 aromatic carbocycles. The van der Waals surface area contributed by atoms with Gasteiger partial charge in [-0.25, -0.2) is 0 Å². The zero-order valence-electron chi connectivity index (χ0n) is 9.91. The minimum absolute atomic E-state index is 0.174. The Morgan fingerprint density at radius 1 is 1.47 bits per heavy atom. The van der Waals surface area contributed by atoms with E-state index in [0.29, 0.717) is 12.4 Å². The lowest BCUT2D eigenvalue weighted by molar-refractivity contribution is 0.199. The standard InChI is InChI=1S/C12H18ClNO2S/c1-16-7-5-14-9-10-11(13)3-2-4-12(10)17-8-6-15/h2-4,14-15H,5-9H2,1H3. The minimum atomic E-state index is 0.174. The van der Waals surface area contributed by atoms with Gasteiger partial charge in [0.05, 0.1) is 13.2 Å². The third kappa shape index (κ3) is 5.27. The molecule has 1 rings (SSSR count). The quantitative estimate of drug-likeness (QED) is 0.564. The Balaban J connectivity index is 2.60. The van der Waals surface area contributed by atoms with Crippen LogP contribution >= 0.6 is 23.4 Å². The Hall–Kier alpha value is -0.260. The first-order chi connectivity index (χ1) is 8.29. The number of benzene rings is 1. The first kappa shape index (κ1) is 14.8. The molecular weight excluding hydrogens is 258 g/mol. The van der Waals surface area contributed by atoms with Gasteiger partial charge in [-0.2, -0.15) is 0 Å². The van der Waals surface area contributed by atoms with Crippen LogP contribution in [0.3, 0.4) is 0 Å². The van der Waals surface area contributed by atoms with E-state index >= 15 is 0 Å². The second-order valence-corrected chi connectivity index (χ2v) is 5.00. The molecule has 0 aliphatic heterocycles. The molecule has 0 saturated carbocycles. The number of aliphatic hydroxyl groups excluding tert-OH is 1. The van der Waals surface area contributed by atoms with Gasteiger partial charge in [0.15, 0.2) is 0 Å². The van der Waals surface area contributed by atoms with Crippen molar-refractivity contribution in [2.24, 2.45) is 0 Å². The highest BCUT2D eigenvalue weighted by atomic mass is 35.5. The number of nitrogens with one attached hydrogen (secondary N) is 1. The van der Waals surface area contributed by atoms with E-state index in [1.807, 2.05) is 18.2 Å². The number of rotatable bonds is 8. The molecule has 0 amide bonds. The van der Waals surface area contributed by atoms with Gasteiger partial charge in [0.25, 0.3) is 0 Å². The van der Waals surface area contributed by atoms with E-state index in [-0.39, 0.29) is 6.61 Å². The largest absolute Gasteiger partial charge is 0.396 e. The maximum Gasteiger partial charge on any atom is 0.0587 e. The van der Waals surface area contributed by atoms with Crippen molar-refractivity contribution >= 4 is 23.4 Å². The fourth-order valence-electron chi connectivity index (χ4n) is 1.39. The molecule has 0 aliphatic rings. The summed E-state index contributed by atoms with van der Waals surface area (Å²) in [5, 5.41) is 12.9. The average Bonchev–Trinajstić information content (AvgIpc) is 2.34. The zero-order chi connectivity index (χ0) is 12.5. The summed E-state index contributed by atoms with van der Waals surface area (Å²) in [6.07, 6.45) is 0. The monoisotopic (exact) mass is 275 g/mol. The summed E-state index contributed by atoms with van der Waals surface area (Å²) in [5.41, 5.74) is 1.09. The molecule has 0 aliphatic carbocycles. The van der Waals surface area contributed by atoms with Gasteiger partial charge in [-0.15, -0.1) is 11.8 Å². The zero-order valence-corrected chi connectivity index (χ0v) is 11.5. The van der Waals surface area contributed by atoms with E-state index in [1.165, 1.54) is 0 Å². The highest BCUT2D eigenvalue weighted by Crippen LogP contribution is 2.28. The summed E-state index contributed by atoms with van der Waals surface area (Å²) >= 11 is 7.79. The van der Waals surface area contributed by atoms with Crippen molar-refractivity contribution in [3.63, 3.8) is 0 Å². The van der Waals surface area contributed by atoms with E-state index in [1.54, 1.807) is 18.9 Å². The lowest BCUT2D eigenvalue weighted by Gasteiger charge is -2.11. The van der Waals surface area contributed by atoms with E-state index in [4.69, 9.17) is 21.4 Å². The number of ether oxygens (including phenoxy) is 1. The van der Waals surface area contributed by atoms with Gasteiger partial charge in [0.1, 0.15) is 0 Å². The van der Waals surface area contributed by atoms with Gasteiger partial charge < -0.3 is 15.2 Å². The Morgan fingerprint density at radius 2 is 2.29 bits per heavy atom. The molecular formula is C12H18ClNO2S. The Labute approximate surface area is 112 Å². The fraction of sp³-hybridized carbons (Fsp3) is 0.500. The van der Waals surface area contributed by atoms with E-state index < -0.39 is 0 Å². The van der Waals surface area contributed by atoms with Gasteiger partial charge in [0.2, 0.25) is 0 Å². The number of hydrogen-bond acceptors (Lipinski definition) is 4. The fourth-order valence-corrected chi connectivity index (χ4v) is 2.53. The van der Waals surface area contributed by atoms with Crippen LogP contribution in [0.25, 0.3) is 0 Å². The molecule has 0 saturated heterocycles. The summed E-state index contributed by atoms with van der Waals surface area (Å²) in [6.45, 7) is 2.37. The Bertz CT molecular complexity index is 336. The van der Waals surface area contributed by atoms with Crippen molar-refractivity contribution in [2.75, 3.05) is 32.6 Å². The van der Waals surface area contributed by atoms with Gasteiger partial charge >= 0.3 is 0 Å². The Kier molecular flexibility index (Phi) is 7.64. The van der Waals surface area contributed by atoms with Crippen molar-refractivity contribution in [1.29, 1.82) is 0 Å². The molecule has 0 fully saturated rings. The summed E-state index contributed by atoms with van der Waals surface area (Å²) < 4.78 is 4.97. The molecule has 0 heterocycles. The molecule has 3 nitrogen and oxygen atoms in total. The summed E-state index contributed by atoms with van der Waals surface area (Å²) in [6, 6.07) is 5.85. The topological polar surface area (TPSA) is 41.5 Å². The Morgan fingerprint density at radius 3 is 3.00 bits per heavy atom. The molecule has 0 atom stereocenters. The average molecular weight is 276 g/mol. The molecule has 0 spiro atoms. The van der Waals surface area contributed by atoms with Crippen LogP contribution < -0.4 is 5.32 Å². The third-order valence-corrected chi connectivity index (χ3v) is 3.64. The molecule has 1 aromatic rings. The van der Waals surface area contributed by atoms with Crippen LogP contribution in [0.15, 0.2) is 23.1 Å². The number of aliphatic hydroxyl groups is 1. The molecule has 2 N–H and O–H groups in total. The summed E-state index contributed by atoms with van der Waals surface area (Å²) in [5.74, 6) is 0.686. The molecule has 5 heteroatoms. The highest BCUT2D eigenvalue weighted by molar-refractivity contribution is 7.99.